The fourth-order valence-corrected chi connectivity index (χ4v) is 3.02. The van der Waals surface area contributed by atoms with Gasteiger partial charge in [0, 0.05) is 17.7 Å². The smallest absolute Gasteiger partial charge is 0.248 e. The van der Waals surface area contributed by atoms with Crippen molar-refractivity contribution in [3.63, 3.8) is 0 Å². The number of anilines is 1. The normalized spacial score (nSPS) is 10.4. The molecule has 0 spiro atoms. The monoisotopic (exact) mass is 358 g/mol. The molecule has 0 heterocycles. The number of amides is 2. The molecule has 3 N–H and O–H groups in total. The summed E-state index contributed by atoms with van der Waals surface area (Å²) < 4.78 is 0. The Morgan fingerprint density at radius 1 is 0.778 bits per heavy atom. The second-order valence-electron chi connectivity index (χ2n) is 6.37. The number of primary amides is 1. The molecule has 0 saturated carbocycles. The highest BCUT2D eigenvalue weighted by Crippen LogP contribution is 2.21. The highest BCUT2D eigenvalue weighted by Gasteiger charge is 2.08. The van der Waals surface area contributed by atoms with Gasteiger partial charge in [0.25, 0.3) is 0 Å². The van der Waals surface area contributed by atoms with Crippen LogP contribution in [0.1, 0.15) is 28.8 Å². The summed E-state index contributed by atoms with van der Waals surface area (Å²) >= 11 is 0. The van der Waals surface area contributed by atoms with Gasteiger partial charge in [0.1, 0.15) is 0 Å². The first-order valence-corrected chi connectivity index (χ1v) is 8.96. The number of hydrogen-bond acceptors (Lipinski definition) is 2. The highest BCUT2D eigenvalue weighted by molar-refractivity contribution is 5.94. The van der Waals surface area contributed by atoms with Gasteiger partial charge in [-0.15, -0.1) is 0 Å². The molecule has 136 valence electrons. The van der Waals surface area contributed by atoms with Crippen molar-refractivity contribution >= 4 is 17.5 Å². The number of hydrogen-bond donors (Lipinski definition) is 2. The van der Waals surface area contributed by atoms with E-state index >= 15 is 0 Å². The lowest BCUT2D eigenvalue weighted by Crippen LogP contribution is -2.14. The fraction of sp³-hybridized carbons (Fsp3) is 0.130. The van der Waals surface area contributed by atoms with Crippen LogP contribution in [0.3, 0.4) is 0 Å². The first-order chi connectivity index (χ1) is 13.1. The molecule has 0 aliphatic rings. The Kier molecular flexibility index (Phi) is 6.00. The molecule has 0 atom stereocenters. The molecular weight excluding hydrogens is 336 g/mol. The predicted octanol–water partition coefficient (Wildman–Crippen LogP) is 4.41. The minimum Gasteiger partial charge on any atom is -0.366 e. The summed E-state index contributed by atoms with van der Waals surface area (Å²) in [6, 6.07) is 25.1. The molecule has 0 bridgehead atoms. The van der Waals surface area contributed by atoms with Crippen molar-refractivity contribution in [3.8, 4) is 11.1 Å². The summed E-state index contributed by atoms with van der Waals surface area (Å²) in [5.41, 5.74) is 9.81. The summed E-state index contributed by atoms with van der Waals surface area (Å²) in [6.07, 6.45) is 1.67. The van der Waals surface area contributed by atoms with Crippen LogP contribution in [-0.4, -0.2) is 11.8 Å². The lowest BCUT2D eigenvalue weighted by molar-refractivity contribution is -0.116. The molecular formula is C23H22N2O2. The zero-order valence-electron chi connectivity index (χ0n) is 15.0. The Morgan fingerprint density at radius 3 is 2.11 bits per heavy atom. The molecule has 3 rings (SSSR count). The molecule has 0 aliphatic heterocycles. The van der Waals surface area contributed by atoms with Gasteiger partial charge in [0.15, 0.2) is 0 Å². The number of carbonyl (C=O) groups is 2. The number of rotatable bonds is 7. The van der Waals surface area contributed by atoms with E-state index in [0.717, 1.165) is 22.4 Å². The zero-order valence-corrected chi connectivity index (χ0v) is 15.0. The molecule has 3 aromatic carbocycles. The van der Waals surface area contributed by atoms with Crippen LogP contribution < -0.4 is 11.1 Å². The van der Waals surface area contributed by atoms with Gasteiger partial charge in [-0.2, -0.15) is 0 Å². The number of benzene rings is 3. The largest absolute Gasteiger partial charge is 0.366 e. The van der Waals surface area contributed by atoms with E-state index in [1.54, 1.807) is 12.1 Å². The predicted molar refractivity (Wildman–Crippen MR) is 108 cm³/mol. The maximum atomic E-state index is 12.2. The van der Waals surface area contributed by atoms with E-state index in [-0.39, 0.29) is 5.91 Å². The first-order valence-electron chi connectivity index (χ1n) is 8.96. The maximum absolute atomic E-state index is 12.2. The number of nitrogens with one attached hydrogen (secondary N) is 1. The molecule has 3 aromatic rings. The highest BCUT2D eigenvalue weighted by atomic mass is 16.1. The van der Waals surface area contributed by atoms with Gasteiger partial charge in [0.05, 0.1) is 0 Å². The van der Waals surface area contributed by atoms with Crippen molar-refractivity contribution in [1.82, 2.24) is 0 Å². The van der Waals surface area contributed by atoms with Crippen LogP contribution in [0.15, 0.2) is 78.9 Å². The van der Waals surface area contributed by atoms with Crippen molar-refractivity contribution in [2.45, 2.75) is 19.3 Å². The molecule has 0 aliphatic carbocycles. The Hall–Kier alpha value is -3.40. The van der Waals surface area contributed by atoms with Crippen LogP contribution in [0.4, 0.5) is 5.69 Å². The van der Waals surface area contributed by atoms with Crippen LogP contribution >= 0.6 is 0 Å². The minimum absolute atomic E-state index is 0.0426. The molecule has 27 heavy (non-hydrogen) atoms. The summed E-state index contributed by atoms with van der Waals surface area (Å²) in [4.78, 5) is 23.6. The van der Waals surface area contributed by atoms with Crippen LogP contribution in [0.25, 0.3) is 11.1 Å². The topological polar surface area (TPSA) is 72.2 Å². The van der Waals surface area contributed by atoms with Crippen LogP contribution in [0, 0.1) is 0 Å². The average Bonchev–Trinajstić information content (AvgIpc) is 2.69. The second kappa shape index (κ2) is 8.81. The number of nitrogens with two attached hydrogens (primary N) is 1. The molecule has 0 radical (unpaired) electrons. The first kappa shape index (κ1) is 18.4. The minimum atomic E-state index is -0.437. The molecule has 0 fully saturated rings. The Bertz CT molecular complexity index is 919. The number of aryl methyl sites for hydroxylation is 1. The average molecular weight is 358 g/mol. The third kappa shape index (κ3) is 5.05. The van der Waals surface area contributed by atoms with E-state index in [0.29, 0.717) is 24.8 Å². The third-order valence-corrected chi connectivity index (χ3v) is 4.41. The second-order valence-corrected chi connectivity index (χ2v) is 6.37. The van der Waals surface area contributed by atoms with Gasteiger partial charge in [-0.3, -0.25) is 9.59 Å². The van der Waals surface area contributed by atoms with E-state index in [1.807, 2.05) is 54.6 Å². The van der Waals surface area contributed by atoms with Crippen molar-refractivity contribution < 1.29 is 9.59 Å². The lowest BCUT2D eigenvalue weighted by Gasteiger charge is -2.08. The lowest BCUT2D eigenvalue weighted by atomic mass is 10.0. The van der Waals surface area contributed by atoms with Gasteiger partial charge in [-0.05, 0) is 47.7 Å². The van der Waals surface area contributed by atoms with E-state index in [2.05, 4.69) is 17.4 Å². The van der Waals surface area contributed by atoms with Gasteiger partial charge >= 0.3 is 0 Å². The summed E-state index contributed by atoms with van der Waals surface area (Å²) in [6.45, 7) is 0. The van der Waals surface area contributed by atoms with Crippen LogP contribution in [0.2, 0.25) is 0 Å². The summed E-state index contributed by atoms with van der Waals surface area (Å²) in [5.74, 6) is -0.479. The molecule has 0 unspecified atom stereocenters. The molecule has 2 amide bonds. The van der Waals surface area contributed by atoms with Crippen LogP contribution in [0.5, 0.6) is 0 Å². The Balaban J connectivity index is 1.52. The number of carbonyl (C=O) groups excluding carboxylic acids is 2. The quantitative estimate of drug-likeness (QED) is 0.656. The Labute approximate surface area is 159 Å². The molecule has 4 nitrogen and oxygen atoms in total. The van der Waals surface area contributed by atoms with Gasteiger partial charge in [0.2, 0.25) is 11.8 Å². The summed E-state index contributed by atoms with van der Waals surface area (Å²) in [5, 5.41) is 2.91. The van der Waals surface area contributed by atoms with Crippen molar-refractivity contribution in [3.05, 3.63) is 90.0 Å². The SMILES string of the molecule is NC(=O)c1ccccc1CCCC(=O)Nc1ccc(-c2ccccc2)cc1. The fourth-order valence-electron chi connectivity index (χ4n) is 3.02. The Morgan fingerprint density at radius 2 is 1.41 bits per heavy atom. The molecule has 0 aromatic heterocycles. The standard InChI is InChI=1S/C23H22N2O2/c24-23(27)21-11-5-4-9-19(21)10-6-12-22(26)25-20-15-13-18(14-16-20)17-7-2-1-3-8-17/h1-5,7-9,11,13-16H,6,10,12H2,(H2,24,27)(H,25,26). The third-order valence-electron chi connectivity index (χ3n) is 4.41. The van der Waals surface area contributed by atoms with E-state index in [9.17, 15) is 9.59 Å². The molecule has 0 saturated heterocycles. The van der Waals surface area contributed by atoms with Gasteiger partial charge < -0.3 is 11.1 Å². The zero-order chi connectivity index (χ0) is 19.1. The van der Waals surface area contributed by atoms with Crippen LogP contribution in [-0.2, 0) is 11.2 Å². The van der Waals surface area contributed by atoms with Crippen molar-refractivity contribution in [2.24, 2.45) is 5.73 Å². The van der Waals surface area contributed by atoms with E-state index in [4.69, 9.17) is 5.73 Å². The maximum Gasteiger partial charge on any atom is 0.248 e. The van der Waals surface area contributed by atoms with Gasteiger partial charge in [-0.25, -0.2) is 0 Å². The van der Waals surface area contributed by atoms with E-state index < -0.39 is 5.91 Å². The van der Waals surface area contributed by atoms with Crippen molar-refractivity contribution in [2.75, 3.05) is 5.32 Å². The van der Waals surface area contributed by atoms with Crippen molar-refractivity contribution in [1.29, 1.82) is 0 Å². The molecule has 4 heteroatoms. The van der Waals surface area contributed by atoms with Gasteiger partial charge in [-0.1, -0.05) is 60.7 Å². The van der Waals surface area contributed by atoms with E-state index in [1.165, 1.54) is 0 Å². The summed E-state index contributed by atoms with van der Waals surface area (Å²) in [7, 11) is 0.